The molecule has 1 aromatic heterocycles. The average Bonchev–Trinajstić information content (AvgIpc) is 2.85. The number of halogens is 1. The van der Waals surface area contributed by atoms with Gasteiger partial charge >= 0.3 is 0 Å². The van der Waals surface area contributed by atoms with Gasteiger partial charge in [0, 0.05) is 11.7 Å². The Morgan fingerprint density at radius 1 is 1.35 bits per heavy atom. The van der Waals surface area contributed by atoms with Crippen molar-refractivity contribution >= 4 is 11.6 Å². The van der Waals surface area contributed by atoms with Crippen LogP contribution in [-0.4, -0.2) is 11.9 Å². The highest BCUT2D eigenvalue weighted by Gasteiger charge is 2.30. The molecule has 0 spiro atoms. The molecule has 0 saturated carbocycles. The Balaban J connectivity index is 2.02. The fourth-order valence-electron chi connectivity index (χ4n) is 2.70. The van der Waals surface area contributed by atoms with E-state index in [9.17, 15) is 9.18 Å². The lowest BCUT2D eigenvalue weighted by Crippen LogP contribution is -2.42. The number of furan rings is 1. The average molecular weight is 273 g/mol. The number of benzene rings is 1. The lowest BCUT2D eigenvalue weighted by atomic mass is 9.96. The predicted molar refractivity (Wildman–Crippen MR) is 74.4 cm³/mol. The summed E-state index contributed by atoms with van der Waals surface area (Å²) in [6, 6.07) is 8.11. The zero-order valence-electron chi connectivity index (χ0n) is 11.5. The first-order chi connectivity index (χ1) is 9.56. The quantitative estimate of drug-likeness (QED) is 0.793. The van der Waals surface area contributed by atoms with Crippen molar-refractivity contribution in [2.45, 2.75) is 32.7 Å². The van der Waals surface area contributed by atoms with Crippen LogP contribution in [0, 0.1) is 12.7 Å². The SMILES string of the molecule is Cc1ccc(C(=O)N2c3ccc(F)cc3CC[C@@H]2C)o1. The lowest BCUT2D eigenvalue weighted by molar-refractivity contribution is 0.0947. The van der Waals surface area contributed by atoms with Gasteiger partial charge in [0.05, 0.1) is 0 Å². The number of hydrogen-bond acceptors (Lipinski definition) is 2. The normalized spacial score (nSPS) is 17.9. The van der Waals surface area contributed by atoms with Crippen LogP contribution in [0.4, 0.5) is 10.1 Å². The molecule has 0 bridgehead atoms. The number of aryl methyl sites for hydroxylation is 2. The summed E-state index contributed by atoms with van der Waals surface area (Å²) < 4.78 is 18.7. The van der Waals surface area contributed by atoms with Crippen molar-refractivity contribution in [1.82, 2.24) is 0 Å². The maximum atomic E-state index is 13.3. The molecular weight excluding hydrogens is 257 g/mol. The number of carbonyl (C=O) groups is 1. The van der Waals surface area contributed by atoms with E-state index in [2.05, 4.69) is 0 Å². The van der Waals surface area contributed by atoms with Crippen LogP contribution in [0.15, 0.2) is 34.7 Å². The summed E-state index contributed by atoms with van der Waals surface area (Å²) >= 11 is 0. The number of nitrogens with zero attached hydrogens (tertiary/aromatic N) is 1. The van der Waals surface area contributed by atoms with Gasteiger partial charge in [0.15, 0.2) is 5.76 Å². The molecule has 0 saturated heterocycles. The molecule has 1 aliphatic heterocycles. The van der Waals surface area contributed by atoms with Crippen molar-refractivity contribution in [3.05, 3.63) is 53.2 Å². The number of amides is 1. The van der Waals surface area contributed by atoms with Crippen molar-refractivity contribution in [1.29, 1.82) is 0 Å². The molecular formula is C16H16FNO2. The third-order valence-electron chi connectivity index (χ3n) is 3.74. The fraction of sp³-hybridized carbons (Fsp3) is 0.312. The molecule has 3 rings (SSSR count). The number of rotatable bonds is 1. The predicted octanol–water partition coefficient (Wildman–Crippen LogP) is 3.71. The van der Waals surface area contributed by atoms with Crippen molar-refractivity contribution in [3.8, 4) is 0 Å². The molecule has 104 valence electrons. The molecule has 4 heteroatoms. The molecule has 2 aromatic rings. The number of fused-ring (bicyclic) bond motifs is 1. The maximum Gasteiger partial charge on any atom is 0.294 e. The van der Waals surface area contributed by atoms with Gasteiger partial charge < -0.3 is 9.32 Å². The Kier molecular flexibility index (Phi) is 3.08. The van der Waals surface area contributed by atoms with Crippen molar-refractivity contribution in [2.75, 3.05) is 4.90 Å². The largest absolute Gasteiger partial charge is 0.456 e. The van der Waals surface area contributed by atoms with Gasteiger partial charge in [-0.25, -0.2) is 4.39 Å². The van der Waals surface area contributed by atoms with Gasteiger partial charge in [-0.15, -0.1) is 0 Å². The third-order valence-corrected chi connectivity index (χ3v) is 3.74. The minimum atomic E-state index is -0.264. The first kappa shape index (κ1) is 12.9. The standard InChI is InChI=1S/C16H16FNO2/c1-10-3-5-12-9-13(17)6-7-14(12)18(10)16(19)15-8-4-11(2)20-15/h4,6-10H,3,5H2,1-2H3/t10-/m0/s1. The zero-order valence-corrected chi connectivity index (χ0v) is 11.5. The summed E-state index contributed by atoms with van der Waals surface area (Å²) in [5, 5.41) is 0. The Morgan fingerprint density at radius 3 is 2.85 bits per heavy atom. The van der Waals surface area contributed by atoms with E-state index in [4.69, 9.17) is 4.42 Å². The lowest BCUT2D eigenvalue weighted by Gasteiger charge is -2.34. The van der Waals surface area contributed by atoms with Crippen LogP contribution < -0.4 is 4.90 Å². The molecule has 0 fully saturated rings. The van der Waals surface area contributed by atoms with Gasteiger partial charge in [0.2, 0.25) is 0 Å². The number of anilines is 1. The summed E-state index contributed by atoms with van der Waals surface area (Å²) in [5.74, 6) is 0.599. The Bertz CT molecular complexity index is 662. The van der Waals surface area contributed by atoms with Crippen LogP contribution in [0.25, 0.3) is 0 Å². The first-order valence-electron chi connectivity index (χ1n) is 6.74. The highest BCUT2D eigenvalue weighted by Crippen LogP contribution is 2.32. The van der Waals surface area contributed by atoms with Crippen molar-refractivity contribution in [3.63, 3.8) is 0 Å². The van der Waals surface area contributed by atoms with E-state index in [1.165, 1.54) is 12.1 Å². The minimum absolute atomic E-state index is 0.0749. The maximum absolute atomic E-state index is 13.3. The first-order valence-corrected chi connectivity index (χ1v) is 6.74. The highest BCUT2D eigenvalue weighted by atomic mass is 19.1. The molecule has 0 unspecified atom stereocenters. The molecule has 1 aliphatic rings. The molecule has 3 nitrogen and oxygen atoms in total. The van der Waals surface area contributed by atoms with Gasteiger partial charge in [-0.1, -0.05) is 0 Å². The van der Waals surface area contributed by atoms with E-state index in [0.29, 0.717) is 11.5 Å². The van der Waals surface area contributed by atoms with Crippen LogP contribution in [-0.2, 0) is 6.42 Å². The fourth-order valence-corrected chi connectivity index (χ4v) is 2.70. The van der Waals surface area contributed by atoms with Gasteiger partial charge in [-0.3, -0.25) is 4.79 Å². The van der Waals surface area contributed by atoms with E-state index in [-0.39, 0.29) is 17.8 Å². The van der Waals surface area contributed by atoms with Gasteiger partial charge in [-0.2, -0.15) is 0 Å². The Labute approximate surface area is 117 Å². The van der Waals surface area contributed by atoms with Crippen LogP contribution in [0.5, 0.6) is 0 Å². The van der Waals surface area contributed by atoms with E-state index >= 15 is 0 Å². The molecule has 1 aromatic carbocycles. The Morgan fingerprint density at radius 2 is 2.15 bits per heavy atom. The molecule has 2 heterocycles. The number of carbonyl (C=O) groups excluding carboxylic acids is 1. The van der Waals surface area contributed by atoms with E-state index < -0.39 is 0 Å². The molecule has 0 aliphatic carbocycles. The monoisotopic (exact) mass is 273 g/mol. The van der Waals surface area contributed by atoms with E-state index in [1.54, 1.807) is 30.0 Å². The topological polar surface area (TPSA) is 33.5 Å². The molecule has 1 amide bonds. The van der Waals surface area contributed by atoms with E-state index in [1.807, 2.05) is 6.92 Å². The van der Waals surface area contributed by atoms with Gasteiger partial charge in [0.25, 0.3) is 5.91 Å². The molecule has 0 N–H and O–H groups in total. The summed E-state index contributed by atoms with van der Waals surface area (Å²) in [6.07, 6.45) is 1.61. The van der Waals surface area contributed by atoms with Gasteiger partial charge in [-0.05, 0) is 62.6 Å². The van der Waals surface area contributed by atoms with E-state index in [0.717, 1.165) is 24.1 Å². The smallest absolute Gasteiger partial charge is 0.294 e. The highest BCUT2D eigenvalue weighted by molar-refractivity contribution is 6.05. The number of hydrogen-bond donors (Lipinski definition) is 0. The summed E-state index contributed by atoms with van der Waals surface area (Å²) in [7, 11) is 0. The second kappa shape index (κ2) is 4.78. The summed E-state index contributed by atoms with van der Waals surface area (Å²) in [5.41, 5.74) is 1.66. The van der Waals surface area contributed by atoms with Crippen LogP contribution in [0.3, 0.4) is 0 Å². The third kappa shape index (κ3) is 2.11. The second-order valence-corrected chi connectivity index (χ2v) is 5.25. The molecule has 0 radical (unpaired) electrons. The summed E-state index contributed by atoms with van der Waals surface area (Å²) in [6.45, 7) is 3.81. The Hall–Kier alpha value is -2.10. The van der Waals surface area contributed by atoms with Crippen LogP contribution in [0.2, 0.25) is 0 Å². The van der Waals surface area contributed by atoms with Gasteiger partial charge in [0.1, 0.15) is 11.6 Å². The van der Waals surface area contributed by atoms with Crippen molar-refractivity contribution < 1.29 is 13.6 Å². The second-order valence-electron chi connectivity index (χ2n) is 5.25. The molecule has 20 heavy (non-hydrogen) atoms. The molecule has 1 atom stereocenters. The summed E-state index contributed by atoms with van der Waals surface area (Å²) in [4.78, 5) is 14.3. The van der Waals surface area contributed by atoms with Crippen LogP contribution >= 0.6 is 0 Å². The minimum Gasteiger partial charge on any atom is -0.456 e. The van der Waals surface area contributed by atoms with Crippen molar-refractivity contribution in [2.24, 2.45) is 0 Å². The van der Waals surface area contributed by atoms with Crippen LogP contribution in [0.1, 0.15) is 35.2 Å². The zero-order chi connectivity index (χ0) is 14.3.